The molecule has 3 rings (SSSR count). The number of hydrazone groups is 1. The monoisotopic (exact) mass is 443 g/mol. The number of carbonyl (C=O) groups excluding carboxylic acids is 2. The Morgan fingerprint density at radius 1 is 1.28 bits per heavy atom. The van der Waals surface area contributed by atoms with Crippen molar-refractivity contribution < 1.29 is 9.59 Å². The van der Waals surface area contributed by atoms with Crippen LogP contribution in [0, 0.1) is 10.8 Å². The topological polar surface area (TPSA) is 128 Å². The molecule has 0 unspecified atom stereocenters. The van der Waals surface area contributed by atoms with Gasteiger partial charge < -0.3 is 10.6 Å². The number of aromatic nitrogens is 1. The van der Waals surface area contributed by atoms with Crippen molar-refractivity contribution >= 4 is 17.5 Å². The Morgan fingerprint density at radius 3 is 2.94 bits per heavy atom. The van der Waals surface area contributed by atoms with Crippen molar-refractivity contribution in [3.63, 3.8) is 0 Å². The van der Waals surface area contributed by atoms with E-state index in [-0.39, 0.29) is 17.9 Å². The molecule has 0 radical (unpaired) electrons. The molecule has 1 aliphatic heterocycles. The van der Waals surface area contributed by atoms with Crippen molar-refractivity contribution in [3.8, 4) is 0 Å². The molecular formula is C22H33N7O3. The van der Waals surface area contributed by atoms with Crippen LogP contribution < -0.4 is 16.1 Å². The molecule has 174 valence electrons. The lowest BCUT2D eigenvalue weighted by molar-refractivity contribution is -0.123. The van der Waals surface area contributed by atoms with E-state index in [1.54, 1.807) is 19.4 Å². The van der Waals surface area contributed by atoms with E-state index >= 15 is 0 Å². The maximum atomic E-state index is 12.3. The first kappa shape index (κ1) is 23.8. The predicted octanol–water partition coefficient (Wildman–Crippen LogP) is 1.72. The molecule has 10 nitrogen and oxygen atoms in total. The molecule has 2 heterocycles. The van der Waals surface area contributed by atoms with Crippen molar-refractivity contribution in [2.45, 2.75) is 63.5 Å². The van der Waals surface area contributed by atoms with Crippen LogP contribution in [0.2, 0.25) is 0 Å². The number of nitrogens with zero attached hydrogens (tertiary/aromatic N) is 4. The highest BCUT2D eigenvalue weighted by Gasteiger charge is 2.38. The van der Waals surface area contributed by atoms with Gasteiger partial charge in [-0.15, -0.1) is 4.91 Å². The number of hydrogen-bond donors (Lipinski definition) is 3. The molecule has 1 aromatic heterocycles. The average Bonchev–Trinajstić information content (AvgIpc) is 3.21. The molecule has 0 aromatic carbocycles. The van der Waals surface area contributed by atoms with Crippen molar-refractivity contribution in [3.05, 3.63) is 35.0 Å². The van der Waals surface area contributed by atoms with Gasteiger partial charge in [0.15, 0.2) is 0 Å². The van der Waals surface area contributed by atoms with Crippen LogP contribution >= 0.6 is 0 Å². The average molecular weight is 444 g/mol. The van der Waals surface area contributed by atoms with Crippen LogP contribution in [0.15, 0.2) is 34.9 Å². The molecule has 1 aliphatic carbocycles. The predicted molar refractivity (Wildman–Crippen MR) is 121 cm³/mol. The SMILES string of the molecule is CN(CCC/C(=N\NC(=O)CCCC[C@@H]1CC[C@H]2NCC(=O)N[C@@H]12)c1cccnc1)N=O. The van der Waals surface area contributed by atoms with Crippen molar-refractivity contribution in [2.24, 2.45) is 16.3 Å². The zero-order valence-corrected chi connectivity index (χ0v) is 18.6. The molecule has 2 aliphatic rings. The fourth-order valence-corrected chi connectivity index (χ4v) is 4.51. The number of hydrogen-bond acceptors (Lipinski definition) is 7. The highest BCUT2D eigenvalue weighted by molar-refractivity contribution is 6.00. The first-order valence-electron chi connectivity index (χ1n) is 11.4. The third-order valence-electron chi connectivity index (χ3n) is 6.22. The number of piperazine rings is 1. The van der Waals surface area contributed by atoms with Crippen LogP contribution in [-0.2, 0) is 9.59 Å². The number of unbranched alkanes of at least 4 members (excludes halogenated alkanes) is 1. The van der Waals surface area contributed by atoms with Gasteiger partial charge in [0.1, 0.15) is 0 Å². The number of pyridine rings is 1. The molecule has 1 saturated heterocycles. The highest BCUT2D eigenvalue weighted by Crippen LogP contribution is 2.31. The third kappa shape index (κ3) is 7.08. The summed E-state index contributed by atoms with van der Waals surface area (Å²) >= 11 is 0. The number of amides is 2. The third-order valence-corrected chi connectivity index (χ3v) is 6.22. The quantitative estimate of drug-likeness (QED) is 0.195. The summed E-state index contributed by atoms with van der Waals surface area (Å²) in [5, 5.41) is 15.0. The van der Waals surface area contributed by atoms with Gasteiger partial charge >= 0.3 is 0 Å². The lowest BCUT2D eigenvalue weighted by Crippen LogP contribution is -2.58. The number of carbonyl (C=O) groups is 2. The molecule has 2 fully saturated rings. The van der Waals surface area contributed by atoms with Gasteiger partial charge in [-0.2, -0.15) is 5.10 Å². The Morgan fingerprint density at radius 2 is 2.16 bits per heavy atom. The van der Waals surface area contributed by atoms with Gasteiger partial charge in [-0.1, -0.05) is 12.5 Å². The minimum Gasteiger partial charge on any atom is -0.350 e. The summed E-state index contributed by atoms with van der Waals surface area (Å²) in [6, 6.07) is 4.34. The van der Waals surface area contributed by atoms with Gasteiger partial charge in [0.05, 0.1) is 17.5 Å². The van der Waals surface area contributed by atoms with Gasteiger partial charge in [-0.3, -0.25) is 19.6 Å². The van der Waals surface area contributed by atoms with E-state index < -0.39 is 0 Å². The van der Waals surface area contributed by atoms with Crippen molar-refractivity contribution in [1.29, 1.82) is 0 Å². The summed E-state index contributed by atoms with van der Waals surface area (Å²) in [6.07, 6.45) is 10.0. The summed E-state index contributed by atoms with van der Waals surface area (Å²) < 4.78 is 0. The van der Waals surface area contributed by atoms with Gasteiger partial charge in [-0.05, 0) is 50.5 Å². The second kappa shape index (κ2) is 12.2. The molecule has 32 heavy (non-hydrogen) atoms. The lowest BCUT2D eigenvalue weighted by atomic mass is 9.94. The summed E-state index contributed by atoms with van der Waals surface area (Å²) in [6.45, 7) is 0.927. The Hall–Kier alpha value is -2.88. The smallest absolute Gasteiger partial charge is 0.240 e. The van der Waals surface area contributed by atoms with Gasteiger partial charge in [0.25, 0.3) is 0 Å². The molecule has 3 atom stereocenters. The Bertz CT molecular complexity index is 802. The summed E-state index contributed by atoms with van der Waals surface area (Å²) in [5.41, 5.74) is 4.23. The Balaban J connectivity index is 1.41. The van der Waals surface area contributed by atoms with E-state index in [4.69, 9.17) is 0 Å². The molecule has 1 saturated carbocycles. The van der Waals surface area contributed by atoms with Crippen LogP contribution in [0.5, 0.6) is 0 Å². The van der Waals surface area contributed by atoms with E-state index in [0.717, 1.165) is 43.4 Å². The fourth-order valence-electron chi connectivity index (χ4n) is 4.51. The maximum Gasteiger partial charge on any atom is 0.240 e. The highest BCUT2D eigenvalue weighted by atomic mass is 16.3. The first-order chi connectivity index (χ1) is 15.6. The summed E-state index contributed by atoms with van der Waals surface area (Å²) in [4.78, 5) is 38.6. The van der Waals surface area contributed by atoms with E-state index in [9.17, 15) is 14.5 Å². The Kier molecular flexibility index (Phi) is 9.09. The van der Waals surface area contributed by atoms with Gasteiger partial charge in [0, 0.05) is 50.1 Å². The zero-order chi connectivity index (χ0) is 22.8. The summed E-state index contributed by atoms with van der Waals surface area (Å²) in [5.74, 6) is 0.442. The summed E-state index contributed by atoms with van der Waals surface area (Å²) in [7, 11) is 1.63. The van der Waals surface area contributed by atoms with Gasteiger partial charge in [-0.25, -0.2) is 5.43 Å². The molecular weight excluding hydrogens is 410 g/mol. The van der Waals surface area contributed by atoms with Crippen molar-refractivity contribution in [1.82, 2.24) is 26.1 Å². The molecule has 0 spiro atoms. The van der Waals surface area contributed by atoms with Crippen LogP contribution in [0.1, 0.15) is 56.9 Å². The fraction of sp³-hybridized carbons (Fsp3) is 0.636. The van der Waals surface area contributed by atoms with E-state index in [2.05, 4.69) is 31.4 Å². The second-order valence-electron chi connectivity index (χ2n) is 8.57. The minimum absolute atomic E-state index is 0.0777. The molecule has 3 N–H and O–H groups in total. The minimum atomic E-state index is -0.116. The van der Waals surface area contributed by atoms with Crippen LogP contribution in [0.3, 0.4) is 0 Å². The Labute approximate surface area is 188 Å². The number of rotatable bonds is 12. The number of fused-ring (bicyclic) bond motifs is 1. The molecule has 0 bridgehead atoms. The second-order valence-corrected chi connectivity index (χ2v) is 8.57. The molecule has 2 amide bonds. The lowest BCUT2D eigenvalue weighted by Gasteiger charge is -2.31. The standard InChI is InChI=1S/C22H33N7O3/c1-29(28-32)13-5-8-18(17-7-4-12-23-14-17)26-27-20(30)9-3-2-6-16-10-11-19-22(16)25-21(31)15-24-19/h4,7,12,14,16,19,22,24H,2-3,5-6,8-11,13,15H2,1H3,(H,25,31)(H,27,30)/b26-18+/t16-,19-,22+/m1/s1. The van der Waals surface area contributed by atoms with Crippen LogP contribution in [0.4, 0.5) is 0 Å². The maximum absolute atomic E-state index is 12.3. The largest absolute Gasteiger partial charge is 0.350 e. The van der Waals surface area contributed by atoms with Crippen LogP contribution in [-0.4, -0.2) is 59.7 Å². The normalized spacial score (nSPS) is 22.7. The van der Waals surface area contributed by atoms with E-state index in [1.807, 2.05) is 12.1 Å². The first-order valence-corrected chi connectivity index (χ1v) is 11.4. The van der Waals surface area contributed by atoms with Gasteiger partial charge in [0.2, 0.25) is 11.8 Å². The number of nitroso groups, excluding NO2 is 1. The zero-order valence-electron chi connectivity index (χ0n) is 18.6. The van der Waals surface area contributed by atoms with E-state index in [0.29, 0.717) is 44.3 Å². The number of nitrogens with one attached hydrogen (secondary N) is 3. The molecule has 1 aromatic rings. The van der Waals surface area contributed by atoms with Crippen LogP contribution in [0.25, 0.3) is 0 Å². The molecule has 10 heteroatoms. The van der Waals surface area contributed by atoms with E-state index in [1.165, 1.54) is 5.01 Å². The van der Waals surface area contributed by atoms with Crippen molar-refractivity contribution in [2.75, 3.05) is 20.1 Å².